The number of sulfonamides is 1. The second-order valence-corrected chi connectivity index (χ2v) is 8.68. The zero-order valence-corrected chi connectivity index (χ0v) is 16.2. The maximum absolute atomic E-state index is 13.0. The highest BCUT2D eigenvalue weighted by atomic mass is 32.2. The van der Waals surface area contributed by atoms with Gasteiger partial charge in [0.1, 0.15) is 12.4 Å². The fourth-order valence-corrected chi connectivity index (χ4v) is 4.19. The normalized spacial score (nSPS) is 13.4. The van der Waals surface area contributed by atoms with Gasteiger partial charge in [0, 0.05) is 12.6 Å². The van der Waals surface area contributed by atoms with E-state index in [1.807, 2.05) is 12.1 Å². The molecule has 28 heavy (non-hydrogen) atoms. The van der Waals surface area contributed by atoms with Gasteiger partial charge < -0.3 is 4.74 Å². The topological polar surface area (TPSA) is 80.8 Å². The SMILES string of the molecule is CN(CC(=O)OCC(=O)c1ccc2c(c1)CCC2)S(=O)(=O)c1ccc(F)cc1. The van der Waals surface area contributed by atoms with Gasteiger partial charge in [-0.05, 0) is 60.7 Å². The van der Waals surface area contributed by atoms with Crippen molar-refractivity contribution in [3.05, 3.63) is 65.0 Å². The fourth-order valence-electron chi connectivity index (χ4n) is 3.07. The van der Waals surface area contributed by atoms with Gasteiger partial charge in [0.15, 0.2) is 12.4 Å². The highest BCUT2D eigenvalue weighted by Gasteiger charge is 2.24. The molecular formula is C20H20FNO5S. The molecule has 0 radical (unpaired) electrons. The van der Waals surface area contributed by atoms with E-state index in [1.54, 1.807) is 6.07 Å². The first-order valence-corrected chi connectivity index (χ1v) is 10.2. The summed E-state index contributed by atoms with van der Waals surface area (Å²) in [7, 11) is -2.76. The number of aryl methyl sites for hydroxylation is 2. The van der Waals surface area contributed by atoms with Gasteiger partial charge in [0.2, 0.25) is 10.0 Å². The van der Waals surface area contributed by atoms with Crippen molar-refractivity contribution in [2.24, 2.45) is 0 Å². The number of Topliss-reactive ketones (excluding diaryl/α,β-unsaturated/α-hetero) is 1. The molecule has 0 heterocycles. The number of fused-ring (bicyclic) bond motifs is 1. The number of esters is 1. The van der Waals surface area contributed by atoms with Crippen LogP contribution in [0.1, 0.15) is 27.9 Å². The first kappa shape index (κ1) is 20.2. The van der Waals surface area contributed by atoms with Crippen molar-refractivity contribution in [2.45, 2.75) is 24.2 Å². The molecule has 0 spiro atoms. The Morgan fingerprint density at radius 1 is 1.07 bits per heavy atom. The van der Waals surface area contributed by atoms with Crippen molar-refractivity contribution in [2.75, 3.05) is 20.2 Å². The minimum Gasteiger partial charge on any atom is -0.456 e. The van der Waals surface area contributed by atoms with Crippen LogP contribution in [0.3, 0.4) is 0 Å². The molecule has 2 aromatic carbocycles. The van der Waals surface area contributed by atoms with E-state index in [0.29, 0.717) is 5.56 Å². The highest BCUT2D eigenvalue weighted by molar-refractivity contribution is 7.89. The van der Waals surface area contributed by atoms with Crippen LogP contribution in [-0.4, -0.2) is 44.7 Å². The number of ether oxygens (including phenoxy) is 1. The van der Waals surface area contributed by atoms with Crippen LogP contribution in [0, 0.1) is 5.82 Å². The summed E-state index contributed by atoms with van der Waals surface area (Å²) in [6.07, 6.45) is 3.01. The standard InChI is InChI=1S/C20H20FNO5S/c1-22(28(25,26)18-9-7-17(21)8-10-18)12-20(24)27-13-19(23)16-6-5-14-3-2-4-15(14)11-16/h5-11H,2-4,12-13H2,1H3. The third kappa shape index (κ3) is 4.45. The Balaban J connectivity index is 1.56. The van der Waals surface area contributed by atoms with E-state index in [9.17, 15) is 22.4 Å². The highest BCUT2D eigenvalue weighted by Crippen LogP contribution is 2.23. The molecule has 0 N–H and O–H groups in total. The molecule has 1 aliphatic rings. The summed E-state index contributed by atoms with van der Waals surface area (Å²) in [5.74, 6) is -1.75. The van der Waals surface area contributed by atoms with Crippen LogP contribution in [0.5, 0.6) is 0 Å². The van der Waals surface area contributed by atoms with E-state index in [0.717, 1.165) is 53.4 Å². The van der Waals surface area contributed by atoms with Crippen molar-refractivity contribution in [1.82, 2.24) is 4.31 Å². The zero-order valence-electron chi connectivity index (χ0n) is 15.4. The summed E-state index contributed by atoms with van der Waals surface area (Å²) in [5.41, 5.74) is 2.85. The summed E-state index contributed by atoms with van der Waals surface area (Å²) in [5, 5.41) is 0. The van der Waals surface area contributed by atoms with E-state index in [4.69, 9.17) is 4.74 Å². The molecule has 0 aromatic heterocycles. The predicted molar refractivity (Wildman–Crippen MR) is 100.0 cm³/mol. The molecule has 148 valence electrons. The quantitative estimate of drug-likeness (QED) is 0.522. The molecule has 8 heteroatoms. The van der Waals surface area contributed by atoms with E-state index >= 15 is 0 Å². The smallest absolute Gasteiger partial charge is 0.321 e. The first-order valence-electron chi connectivity index (χ1n) is 8.80. The van der Waals surface area contributed by atoms with Crippen LogP contribution < -0.4 is 0 Å². The van der Waals surface area contributed by atoms with Gasteiger partial charge in [-0.25, -0.2) is 12.8 Å². The molecule has 2 aromatic rings. The molecule has 0 saturated heterocycles. The maximum atomic E-state index is 13.0. The predicted octanol–water partition coefficient (Wildman–Crippen LogP) is 2.36. The van der Waals surface area contributed by atoms with E-state index in [-0.39, 0.29) is 10.7 Å². The third-order valence-electron chi connectivity index (χ3n) is 4.66. The van der Waals surface area contributed by atoms with Crippen LogP contribution >= 0.6 is 0 Å². The Morgan fingerprint density at radius 2 is 1.75 bits per heavy atom. The lowest BCUT2D eigenvalue weighted by Gasteiger charge is -2.16. The number of hydrogen-bond acceptors (Lipinski definition) is 5. The molecule has 3 rings (SSSR count). The van der Waals surface area contributed by atoms with Crippen molar-refractivity contribution < 1.29 is 27.1 Å². The Bertz CT molecular complexity index is 1000. The number of carbonyl (C=O) groups is 2. The van der Waals surface area contributed by atoms with Gasteiger partial charge in [-0.3, -0.25) is 9.59 Å². The molecular weight excluding hydrogens is 385 g/mol. The number of likely N-dealkylation sites (N-methyl/N-ethyl adjacent to an activating group) is 1. The summed E-state index contributed by atoms with van der Waals surface area (Å²) < 4.78 is 43.5. The van der Waals surface area contributed by atoms with Crippen molar-refractivity contribution in [3.8, 4) is 0 Å². The van der Waals surface area contributed by atoms with Crippen molar-refractivity contribution >= 4 is 21.8 Å². The fraction of sp³-hybridized carbons (Fsp3) is 0.300. The maximum Gasteiger partial charge on any atom is 0.321 e. The molecule has 6 nitrogen and oxygen atoms in total. The second kappa shape index (κ2) is 8.20. The van der Waals surface area contributed by atoms with Gasteiger partial charge in [-0.1, -0.05) is 12.1 Å². The minimum atomic E-state index is -3.97. The second-order valence-electron chi connectivity index (χ2n) is 6.64. The third-order valence-corrected chi connectivity index (χ3v) is 6.48. The molecule has 0 amide bonds. The van der Waals surface area contributed by atoms with E-state index in [2.05, 4.69) is 0 Å². The molecule has 0 fully saturated rings. The Hall–Kier alpha value is -2.58. The summed E-state index contributed by atoms with van der Waals surface area (Å²) in [6, 6.07) is 9.73. The molecule has 0 atom stereocenters. The number of hydrogen-bond donors (Lipinski definition) is 0. The van der Waals surface area contributed by atoms with Crippen LogP contribution in [0.4, 0.5) is 4.39 Å². The first-order chi connectivity index (χ1) is 13.3. The van der Waals surface area contributed by atoms with Crippen molar-refractivity contribution in [3.63, 3.8) is 0 Å². The lowest BCUT2D eigenvalue weighted by atomic mass is 10.0. The van der Waals surface area contributed by atoms with Gasteiger partial charge in [-0.2, -0.15) is 4.31 Å². The van der Waals surface area contributed by atoms with Crippen LogP contribution in [0.15, 0.2) is 47.4 Å². The molecule has 0 bridgehead atoms. The Morgan fingerprint density at radius 3 is 2.46 bits per heavy atom. The monoisotopic (exact) mass is 405 g/mol. The van der Waals surface area contributed by atoms with E-state index < -0.39 is 35.0 Å². The van der Waals surface area contributed by atoms with E-state index in [1.165, 1.54) is 12.6 Å². The van der Waals surface area contributed by atoms with Crippen LogP contribution in [-0.2, 0) is 32.4 Å². The van der Waals surface area contributed by atoms with Crippen molar-refractivity contribution in [1.29, 1.82) is 0 Å². The molecule has 0 saturated carbocycles. The Labute approximate surface area is 163 Å². The lowest BCUT2D eigenvalue weighted by molar-refractivity contribution is -0.142. The van der Waals surface area contributed by atoms with Gasteiger partial charge in [-0.15, -0.1) is 0 Å². The number of benzene rings is 2. The molecule has 1 aliphatic carbocycles. The van der Waals surface area contributed by atoms with Gasteiger partial charge in [0.05, 0.1) is 4.90 Å². The molecule has 0 unspecified atom stereocenters. The van der Waals surface area contributed by atoms with Crippen LogP contribution in [0.25, 0.3) is 0 Å². The lowest BCUT2D eigenvalue weighted by Crippen LogP contribution is -2.33. The zero-order chi connectivity index (χ0) is 20.3. The number of halogens is 1. The van der Waals surface area contributed by atoms with Gasteiger partial charge in [0.25, 0.3) is 0 Å². The average molecular weight is 405 g/mol. The number of rotatable bonds is 7. The minimum absolute atomic E-state index is 0.140. The average Bonchev–Trinajstić information content (AvgIpc) is 3.14. The number of nitrogens with zero attached hydrogens (tertiary/aromatic N) is 1. The Kier molecular flexibility index (Phi) is 5.90. The van der Waals surface area contributed by atoms with Gasteiger partial charge >= 0.3 is 5.97 Å². The summed E-state index contributed by atoms with van der Waals surface area (Å²) >= 11 is 0. The molecule has 0 aliphatic heterocycles. The number of carbonyl (C=O) groups excluding carboxylic acids is 2. The largest absolute Gasteiger partial charge is 0.456 e. The number of ketones is 1. The summed E-state index contributed by atoms with van der Waals surface area (Å²) in [6.45, 7) is -1.01. The summed E-state index contributed by atoms with van der Waals surface area (Å²) in [4.78, 5) is 24.1. The van der Waals surface area contributed by atoms with Crippen LogP contribution in [0.2, 0.25) is 0 Å².